The van der Waals surface area contributed by atoms with Crippen molar-refractivity contribution in [3.8, 4) is 0 Å². The van der Waals surface area contributed by atoms with E-state index < -0.39 is 90.9 Å². The number of carbonyl (C=O) groups is 9. The Bertz CT molecular complexity index is 1060. The minimum atomic E-state index is -1.29. The highest BCUT2D eigenvalue weighted by molar-refractivity contribution is 5.95. The van der Waals surface area contributed by atoms with Gasteiger partial charge < -0.3 is 31.9 Å². The second kappa shape index (κ2) is 21.1. The third-order valence-corrected chi connectivity index (χ3v) is 6.90. The Balaban J connectivity index is 3.21. The van der Waals surface area contributed by atoms with Gasteiger partial charge in [0.2, 0.25) is 53.2 Å². The molecule has 1 heterocycles. The molecule has 0 radical (unpaired) electrons. The molecule has 1 aliphatic rings. The first-order valence-electron chi connectivity index (χ1n) is 15.1. The van der Waals surface area contributed by atoms with E-state index in [4.69, 9.17) is 0 Å². The van der Waals surface area contributed by atoms with E-state index in [9.17, 15) is 58.8 Å². The normalized spacial score (nSPS) is 20.0. The minimum Gasteiger partial charge on any atom is -0.345 e. The van der Waals surface area contributed by atoms with Crippen molar-refractivity contribution in [2.45, 2.75) is 77.4 Å². The molecule has 1 rings (SSSR count). The summed E-state index contributed by atoms with van der Waals surface area (Å²) >= 11 is 0. The topological polar surface area (TPSA) is 296 Å². The lowest BCUT2D eigenvalue weighted by atomic mass is 10.1. The number of hydrogen-bond donors (Lipinski definition) is 9. The Morgan fingerprint density at radius 1 is 0.521 bits per heavy atom. The molecule has 0 aromatic carbocycles. The van der Waals surface area contributed by atoms with Crippen molar-refractivity contribution < 1.29 is 58.8 Å². The van der Waals surface area contributed by atoms with Crippen LogP contribution in [0.25, 0.3) is 0 Å². The number of amides is 9. The number of hydroxylamine groups is 6. The molecule has 0 aromatic rings. The summed E-state index contributed by atoms with van der Waals surface area (Å²) in [5, 5.41) is 44.3. The Morgan fingerprint density at radius 2 is 0.750 bits per heavy atom. The average Bonchev–Trinajstić information content (AvgIpc) is 3.02. The number of rotatable bonds is 12. The maximum atomic E-state index is 13.0. The van der Waals surface area contributed by atoms with Crippen LogP contribution in [0.2, 0.25) is 0 Å². The van der Waals surface area contributed by atoms with Gasteiger partial charge in [-0.05, 0) is 38.5 Å². The van der Waals surface area contributed by atoms with E-state index in [1.165, 1.54) is 0 Å². The van der Waals surface area contributed by atoms with Crippen LogP contribution < -0.4 is 31.9 Å². The number of nitrogens with zero attached hydrogens (tertiary/aromatic N) is 3. The Labute approximate surface area is 275 Å². The van der Waals surface area contributed by atoms with Crippen molar-refractivity contribution >= 4 is 53.2 Å². The maximum Gasteiger partial charge on any atom is 0.243 e. The highest BCUT2D eigenvalue weighted by Gasteiger charge is 2.27. The first kappa shape index (κ1) is 41.1. The van der Waals surface area contributed by atoms with Crippen LogP contribution in [0.5, 0.6) is 0 Å². The summed E-state index contributed by atoms with van der Waals surface area (Å²) in [5.74, 6) is -6.97. The summed E-state index contributed by atoms with van der Waals surface area (Å²) < 4.78 is 0. The molecule has 48 heavy (non-hydrogen) atoms. The van der Waals surface area contributed by atoms with E-state index >= 15 is 0 Å². The third-order valence-electron chi connectivity index (χ3n) is 6.90. The van der Waals surface area contributed by atoms with Crippen LogP contribution in [0.4, 0.5) is 0 Å². The highest BCUT2D eigenvalue weighted by Crippen LogP contribution is 2.04. The Kier molecular flexibility index (Phi) is 18.1. The summed E-state index contributed by atoms with van der Waals surface area (Å²) in [6.45, 7) is 0.827. The zero-order valence-electron chi connectivity index (χ0n) is 27.1. The molecule has 0 aliphatic carbocycles. The zero-order chi connectivity index (χ0) is 36.4. The largest absolute Gasteiger partial charge is 0.345 e. The minimum absolute atomic E-state index is 0.0353. The lowest BCUT2D eigenvalue weighted by molar-refractivity contribution is -0.163. The van der Waals surface area contributed by atoms with Crippen molar-refractivity contribution in [3.63, 3.8) is 0 Å². The van der Waals surface area contributed by atoms with E-state index in [0.717, 1.165) is 20.8 Å². The second-order valence-electron chi connectivity index (χ2n) is 10.9. The number of nitrogens with one attached hydrogen (secondary N) is 6. The second-order valence-corrected chi connectivity index (χ2v) is 10.9. The van der Waals surface area contributed by atoms with Crippen LogP contribution in [0.15, 0.2) is 0 Å². The molecular weight excluding hydrogens is 642 g/mol. The van der Waals surface area contributed by atoms with Crippen molar-refractivity contribution in [2.75, 3.05) is 39.3 Å². The summed E-state index contributed by atoms with van der Waals surface area (Å²) in [6, 6.07) is -3.87. The van der Waals surface area contributed by atoms with Crippen LogP contribution >= 0.6 is 0 Å². The van der Waals surface area contributed by atoms with Gasteiger partial charge in [-0.1, -0.05) is 0 Å². The van der Waals surface area contributed by atoms with E-state index in [2.05, 4.69) is 31.9 Å². The summed E-state index contributed by atoms with van der Waals surface area (Å²) in [6.07, 6.45) is -0.219. The molecule has 1 fully saturated rings. The van der Waals surface area contributed by atoms with Gasteiger partial charge in [0, 0.05) is 40.4 Å². The summed E-state index contributed by atoms with van der Waals surface area (Å²) in [4.78, 5) is 111. The van der Waals surface area contributed by atoms with Crippen LogP contribution in [0.1, 0.15) is 59.3 Å². The van der Waals surface area contributed by atoms with Gasteiger partial charge in [-0.25, -0.2) is 15.2 Å². The SMILES string of the molecule is CC(=O)N(O)CCCC1NC(=O)CNC(=O)C(CCCN(O)C(C)=O)NC(=O)CNC(=O)C(CCCN(O)C(C)=O)NC(=O)CNC1=O. The van der Waals surface area contributed by atoms with Gasteiger partial charge in [-0.3, -0.25) is 58.8 Å². The average molecular weight is 688 g/mol. The van der Waals surface area contributed by atoms with Crippen LogP contribution in [-0.4, -0.2) is 141 Å². The van der Waals surface area contributed by atoms with E-state index in [1.54, 1.807) is 0 Å². The lowest BCUT2D eigenvalue weighted by Crippen LogP contribution is -2.56. The standard InChI is InChI=1S/C27H45N9O12/c1-16(37)34(46)10-4-7-19-25(43)28-14-23(41)32-21(9-6-12-36(48)18(3)39)27(45)30-15-24(42)33-20(8-5-11-35(47)17(2)38)26(44)29-13-22(40)31-19/h19-21,46-48H,4-15H2,1-3H3,(H,28,43)(H,29,44)(H,30,45)(H,31,40)(H,32,41)(H,33,42). The summed E-state index contributed by atoms with van der Waals surface area (Å²) in [5.41, 5.74) is 0. The van der Waals surface area contributed by atoms with Crippen LogP contribution in [0, 0.1) is 0 Å². The highest BCUT2D eigenvalue weighted by atomic mass is 16.5. The van der Waals surface area contributed by atoms with Crippen LogP contribution in [-0.2, 0) is 43.2 Å². The zero-order valence-corrected chi connectivity index (χ0v) is 27.1. The smallest absolute Gasteiger partial charge is 0.243 e. The van der Waals surface area contributed by atoms with Crippen LogP contribution in [0.3, 0.4) is 0 Å². The van der Waals surface area contributed by atoms with Crippen molar-refractivity contribution in [3.05, 3.63) is 0 Å². The molecule has 0 aromatic heterocycles. The van der Waals surface area contributed by atoms with Gasteiger partial charge >= 0.3 is 0 Å². The molecule has 3 atom stereocenters. The van der Waals surface area contributed by atoms with Crippen molar-refractivity contribution in [2.24, 2.45) is 0 Å². The molecule has 9 N–H and O–H groups in total. The number of hydrogen-bond acceptors (Lipinski definition) is 12. The summed E-state index contributed by atoms with van der Waals surface area (Å²) in [7, 11) is 0. The molecule has 1 saturated heterocycles. The fourth-order valence-electron chi connectivity index (χ4n) is 4.22. The monoisotopic (exact) mass is 687 g/mol. The molecule has 270 valence electrons. The fraction of sp³-hybridized carbons (Fsp3) is 0.667. The van der Waals surface area contributed by atoms with Gasteiger partial charge in [0.05, 0.1) is 19.6 Å². The van der Waals surface area contributed by atoms with E-state index in [1.807, 2.05) is 0 Å². The van der Waals surface area contributed by atoms with Gasteiger partial charge in [0.1, 0.15) is 18.1 Å². The first-order valence-corrected chi connectivity index (χ1v) is 15.1. The van der Waals surface area contributed by atoms with E-state index in [-0.39, 0.29) is 58.2 Å². The fourth-order valence-corrected chi connectivity index (χ4v) is 4.22. The predicted molar refractivity (Wildman–Crippen MR) is 160 cm³/mol. The Morgan fingerprint density at radius 3 is 0.958 bits per heavy atom. The quantitative estimate of drug-likeness (QED) is 0.0698. The van der Waals surface area contributed by atoms with Crippen molar-refractivity contribution in [1.82, 2.24) is 47.1 Å². The molecule has 0 spiro atoms. The van der Waals surface area contributed by atoms with Gasteiger partial charge in [0.15, 0.2) is 0 Å². The van der Waals surface area contributed by atoms with E-state index in [0.29, 0.717) is 15.2 Å². The third kappa shape index (κ3) is 16.1. The molecule has 9 amide bonds. The molecule has 0 saturated carbocycles. The molecule has 21 heteroatoms. The van der Waals surface area contributed by atoms with Gasteiger partial charge in [-0.2, -0.15) is 0 Å². The van der Waals surface area contributed by atoms with Crippen molar-refractivity contribution in [1.29, 1.82) is 0 Å². The molecule has 0 bridgehead atoms. The predicted octanol–water partition coefficient (Wildman–Crippen LogP) is -4.14. The van der Waals surface area contributed by atoms with Gasteiger partial charge in [0.25, 0.3) is 0 Å². The first-order chi connectivity index (χ1) is 22.5. The molecule has 3 unspecified atom stereocenters. The molecule has 1 aliphatic heterocycles. The Hall–Kier alpha value is -4.89. The lowest BCUT2D eigenvalue weighted by Gasteiger charge is -2.23. The van der Waals surface area contributed by atoms with Gasteiger partial charge in [-0.15, -0.1) is 0 Å². The molecule has 21 nitrogen and oxygen atoms in total. The molecular formula is C27H45N9O12. The number of carbonyl (C=O) groups excluding carboxylic acids is 9. The maximum absolute atomic E-state index is 13.0.